The van der Waals surface area contributed by atoms with E-state index in [1.807, 2.05) is 0 Å². The van der Waals surface area contributed by atoms with Gasteiger partial charge < -0.3 is 9.84 Å². The van der Waals surface area contributed by atoms with Crippen molar-refractivity contribution in [3.63, 3.8) is 0 Å². The lowest BCUT2D eigenvalue weighted by molar-refractivity contribution is -0.170. The van der Waals surface area contributed by atoms with E-state index < -0.39 is 21.6 Å². The number of nitrogens with zero attached hydrogens (tertiary/aromatic N) is 1. The molecule has 14 heavy (non-hydrogen) atoms. The van der Waals surface area contributed by atoms with Crippen LogP contribution < -0.4 is 0 Å². The number of aliphatic carboxylic acids is 1. The Morgan fingerprint density at radius 2 is 2.14 bits per heavy atom. The molecule has 1 saturated heterocycles. The molecule has 82 valence electrons. The van der Waals surface area contributed by atoms with E-state index in [1.54, 1.807) is 0 Å². The van der Waals surface area contributed by atoms with Gasteiger partial charge >= 0.3 is 5.97 Å². The maximum absolute atomic E-state index is 11.2. The molecule has 0 radical (unpaired) electrons. The van der Waals surface area contributed by atoms with Crippen LogP contribution in [0, 0.1) is 0 Å². The summed E-state index contributed by atoms with van der Waals surface area (Å²) in [6.45, 7) is 1.55. The van der Waals surface area contributed by atoms with E-state index in [2.05, 4.69) is 0 Å². The molecular formula is C7H13NO5S. The van der Waals surface area contributed by atoms with E-state index in [0.29, 0.717) is 0 Å². The standard InChI is InChI=1S/C7H13NO5S/c1-7(6(9)10)5-8(3-4-13-7)14(2,11)12/h3-5H2,1-2H3,(H,9,10)/t7-/m0/s1. The molecule has 7 heteroatoms. The van der Waals surface area contributed by atoms with Crippen molar-refractivity contribution in [3.8, 4) is 0 Å². The molecule has 6 nitrogen and oxygen atoms in total. The molecule has 1 atom stereocenters. The smallest absolute Gasteiger partial charge is 0.337 e. The number of sulfonamides is 1. The van der Waals surface area contributed by atoms with Gasteiger partial charge in [0.2, 0.25) is 10.0 Å². The van der Waals surface area contributed by atoms with Gasteiger partial charge in [0.25, 0.3) is 0 Å². The van der Waals surface area contributed by atoms with E-state index in [9.17, 15) is 13.2 Å². The Labute approximate surface area is 82.5 Å². The zero-order valence-electron chi connectivity index (χ0n) is 8.06. The first-order valence-corrected chi connectivity index (χ1v) is 5.93. The van der Waals surface area contributed by atoms with Gasteiger partial charge in [-0.1, -0.05) is 0 Å². The van der Waals surface area contributed by atoms with Crippen LogP contribution in [0.4, 0.5) is 0 Å². The highest BCUT2D eigenvalue weighted by atomic mass is 32.2. The summed E-state index contributed by atoms with van der Waals surface area (Å²) in [5.41, 5.74) is -1.43. The third kappa shape index (κ3) is 2.23. The first-order valence-electron chi connectivity index (χ1n) is 4.08. The van der Waals surface area contributed by atoms with E-state index in [0.717, 1.165) is 10.6 Å². The van der Waals surface area contributed by atoms with Gasteiger partial charge in [-0.15, -0.1) is 0 Å². The number of hydrogen-bond acceptors (Lipinski definition) is 4. The first kappa shape index (κ1) is 11.4. The van der Waals surface area contributed by atoms with Crippen LogP contribution >= 0.6 is 0 Å². The summed E-state index contributed by atoms with van der Waals surface area (Å²) in [4.78, 5) is 10.8. The van der Waals surface area contributed by atoms with Gasteiger partial charge in [0, 0.05) is 6.54 Å². The Bertz CT molecular complexity index is 338. The summed E-state index contributed by atoms with van der Waals surface area (Å²) in [5.74, 6) is -1.15. The normalized spacial score (nSPS) is 30.1. The van der Waals surface area contributed by atoms with Crippen molar-refractivity contribution in [1.29, 1.82) is 0 Å². The lowest BCUT2D eigenvalue weighted by atomic mass is 10.1. The summed E-state index contributed by atoms with van der Waals surface area (Å²) in [6, 6.07) is 0. The zero-order valence-corrected chi connectivity index (χ0v) is 8.87. The Balaban J connectivity index is 2.85. The monoisotopic (exact) mass is 223 g/mol. The Kier molecular flexibility index (Phi) is 2.84. The van der Waals surface area contributed by atoms with Crippen molar-refractivity contribution in [1.82, 2.24) is 4.31 Å². The minimum atomic E-state index is -3.34. The van der Waals surface area contributed by atoms with E-state index in [4.69, 9.17) is 9.84 Å². The van der Waals surface area contributed by atoms with Gasteiger partial charge in [-0.2, -0.15) is 4.31 Å². The molecule has 0 aromatic rings. The molecule has 0 bridgehead atoms. The minimum Gasteiger partial charge on any atom is -0.479 e. The Hall–Kier alpha value is -0.660. The van der Waals surface area contributed by atoms with Gasteiger partial charge in [0.1, 0.15) is 0 Å². The molecule has 0 aromatic carbocycles. The van der Waals surface area contributed by atoms with Crippen molar-refractivity contribution in [2.45, 2.75) is 12.5 Å². The van der Waals surface area contributed by atoms with Crippen LogP contribution in [0.15, 0.2) is 0 Å². The van der Waals surface area contributed by atoms with E-state index in [-0.39, 0.29) is 19.7 Å². The van der Waals surface area contributed by atoms with E-state index >= 15 is 0 Å². The molecule has 1 fully saturated rings. The highest BCUT2D eigenvalue weighted by Crippen LogP contribution is 2.19. The summed E-state index contributed by atoms with van der Waals surface area (Å²) in [6.07, 6.45) is 1.06. The summed E-state index contributed by atoms with van der Waals surface area (Å²) in [7, 11) is -3.34. The van der Waals surface area contributed by atoms with Gasteiger partial charge in [-0.25, -0.2) is 13.2 Å². The third-order valence-electron chi connectivity index (χ3n) is 2.16. The molecule has 1 rings (SSSR count). The number of carboxylic acids is 1. The summed E-state index contributed by atoms with van der Waals surface area (Å²) >= 11 is 0. The molecule has 0 amide bonds. The second-order valence-corrected chi connectivity index (χ2v) is 5.46. The largest absolute Gasteiger partial charge is 0.479 e. The number of rotatable bonds is 2. The molecule has 0 aliphatic carbocycles. The molecule has 0 aromatic heterocycles. The molecule has 0 spiro atoms. The highest BCUT2D eigenvalue weighted by molar-refractivity contribution is 7.88. The first-order chi connectivity index (χ1) is 6.26. The lowest BCUT2D eigenvalue weighted by Gasteiger charge is -2.35. The fourth-order valence-corrected chi connectivity index (χ4v) is 2.13. The molecular weight excluding hydrogens is 210 g/mol. The van der Waals surface area contributed by atoms with Crippen LogP contribution in [0.5, 0.6) is 0 Å². The van der Waals surface area contributed by atoms with Crippen molar-refractivity contribution in [2.75, 3.05) is 26.0 Å². The summed E-state index contributed by atoms with van der Waals surface area (Å²) < 4.78 is 28.5. The Morgan fingerprint density at radius 1 is 1.57 bits per heavy atom. The average molecular weight is 223 g/mol. The zero-order chi connectivity index (χ0) is 11.0. The number of carboxylic acid groups (broad SMARTS) is 1. The maximum Gasteiger partial charge on any atom is 0.337 e. The molecule has 1 aliphatic rings. The van der Waals surface area contributed by atoms with Gasteiger partial charge in [-0.3, -0.25) is 0 Å². The minimum absolute atomic E-state index is 0.107. The predicted molar refractivity (Wildman–Crippen MR) is 48.4 cm³/mol. The average Bonchev–Trinajstić information content (AvgIpc) is 2.02. The predicted octanol–water partition coefficient (Wildman–Crippen LogP) is -0.878. The molecule has 1 N–H and O–H groups in total. The number of hydrogen-bond donors (Lipinski definition) is 1. The van der Waals surface area contributed by atoms with E-state index in [1.165, 1.54) is 6.92 Å². The van der Waals surface area contributed by atoms with Gasteiger partial charge in [0.05, 0.1) is 19.4 Å². The van der Waals surface area contributed by atoms with Crippen molar-refractivity contribution < 1.29 is 23.1 Å². The van der Waals surface area contributed by atoms with Crippen LogP contribution in [0.2, 0.25) is 0 Å². The van der Waals surface area contributed by atoms with Crippen LogP contribution in [-0.2, 0) is 19.6 Å². The molecule has 1 aliphatic heterocycles. The van der Waals surface area contributed by atoms with Crippen molar-refractivity contribution in [2.24, 2.45) is 0 Å². The van der Waals surface area contributed by atoms with Crippen LogP contribution in [0.1, 0.15) is 6.92 Å². The van der Waals surface area contributed by atoms with Crippen molar-refractivity contribution in [3.05, 3.63) is 0 Å². The number of carbonyl (C=O) groups is 1. The fraction of sp³-hybridized carbons (Fsp3) is 0.857. The van der Waals surface area contributed by atoms with Crippen LogP contribution in [0.3, 0.4) is 0 Å². The lowest BCUT2D eigenvalue weighted by Crippen LogP contribution is -2.55. The number of morpholine rings is 1. The quantitative estimate of drug-likeness (QED) is 0.657. The summed E-state index contributed by atoms with van der Waals surface area (Å²) in [5, 5.41) is 8.83. The second kappa shape index (κ2) is 3.48. The topological polar surface area (TPSA) is 83.9 Å². The van der Waals surface area contributed by atoms with Crippen LogP contribution in [-0.4, -0.2) is 55.4 Å². The van der Waals surface area contributed by atoms with Crippen LogP contribution in [0.25, 0.3) is 0 Å². The molecule has 1 heterocycles. The molecule has 0 unspecified atom stereocenters. The molecule has 0 saturated carbocycles. The maximum atomic E-state index is 11.2. The van der Waals surface area contributed by atoms with Gasteiger partial charge in [-0.05, 0) is 6.92 Å². The second-order valence-electron chi connectivity index (χ2n) is 3.48. The number of ether oxygens (including phenoxy) is 1. The fourth-order valence-electron chi connectivity index (χ4n) is 1.25. The Morgan fingerprint density at radius 3 is 2.57 bits per heavy atom. The van der Waals surface area contributed by atoms with Gasteiger partial charge in [0.15, 0.2) is 5.60 Å². The third-order valence-corrected chi connectivity index (χ3v) is 3.41. The highest BCUT2D eigenvalue weighted by Gasteiger charge is 2.41. The SMILES string of the molecule is C[C@@]1(C(=O)O)CN(S(C)(=O)=O)CCO1. The van der Waals surface area contributed by atoms with Crippen molar-refractivity contribution >= 4 is 16.0 Å².